The van der Waals surface area contributed by atoms with Crippen molar-refractivity contribution in [2.75, 3.05) is 13.2 Å². The van der Waals surface area contributed by atoms with E-state index >= 15 is 0 Å². The Bertz CT molecular complexity index is 221. The van der Waals surface area contributed by atoms with E-state index in [1.807, 2.05) is 6.92 Å². The van der Waals surface area contributed by atoms with Gasteiger partial charge in [-0.1, -0.05) is 13.8 Å². The summed E-state index contributed by atoms with van der Waals surface area (Å²) in [5.41, 5.74) is 0. The Labute approximate surface area is 97.8 Å². The van der Waals surface area contributed by atoms with Gasteiger partial charge in [0, 0.05) is 12.6 Å². The van der Waals surface area contributed by atoms with Crippen molar-refractivity contribution in [1.82, 2.24) is 10.6 Å². The Morgan fingerprint density at radius 3 is 2.94 bits per heavy atom. The summed E-state index contributed by atoms with van der Waals surface area (Å²) in [5, 5.41) is 15.1. The molecular weight excluding hydrogens is 204 g/mol. The van der Waals surface area contributed by atoms with Gasteiger partial charge in [-0.05, 0) is 38.1 Å². The first-order valence-electron chi connectivity index (χ1n) is 6.32. The van der Waals surface area contributed by atoms with Gasteiger partial charge in [0.1, 0.15) is 0 Å². The number of hydrogen-bond acceptors (Lipinski definition) is 3. The van der Waals surface area contributed by atoms with E-state index in [1.165, 1.54) is 0 Å². The Kier molecular flexibility index (Phi) is 5.77. The molecule has 4 nitrogen and oxygen atoms in total. The summed E-state index contributed by atoms with van der Waals surface area (Å²) >= 11 is 0. The number of carbonyl (C=O) groups is 1. The molecule has 1 saturated heterocycles. The minimum atomic E-state index is -0.0449. The Morgan fingerprint density at radius 2 is 2.38 bits per heavy atom. The summed E-state index contributed by atoms with van der Waals surface area (Å²) in [4.78, 5) is 11.9. The van der Waals surface area contributed by atoms with Crippen molar-refractivity contribution < 1.29 is 9.90 Å². The second kappa shape index (κ2) is 6.86. The van der Waals surface area contributed by atoms with Gasteiger partial charge in [-0.3, -0.25) is 4.79 Å². The van der Waals surface area contributed by atoms with Crippen LogP contribution in [0.4, 0.5) is 0 Å². The van der Waals surface area contributed by atoms with Crippen molar-refractivity contribution in [2.45, 2.75) is 51.6 Å². The average molecular weight is 228 g/mol. The molecule has 0 saturated carbocycles. The standard InChI is InChI=1S/C12H24N2O2/c1-3-10(5-7-15)14-12(16)11-8-9(2)4-6-13-11/h9-11,13,15H,3-8H2,1-2H3,(H,14,16). The fraction of sp³-hybridized carbons (Fsp3) is 0.917. The highest BCUT2D eigenvalue weighted by Gasteiger charge is 2.25. The number of aliphatic hydroxyl groups is 1. The molecule has 4 heteroatoms. The van der Waals surface area contributed by atoms with Gasteiger partial charge in [-0.2, -0.15) is 0 Å². The van der Waals surface area contributed by atoms with Crippen LogP contribution in [0, 0.1) is 5.92 Å². The quantitative estimate of drug-likeness (QED) is 0.647. The van der Waals surface area contributed by atoms with Crippen LogP contribution in [0.15, 0.2) is 0 Å². The maximum absolute atomic E-state index is 11.9. The summed E-state index contributed by atoms with van der Waals surface area (Å²) < 4.78 is 0. The van der Waals surface area contributed by atoms with Crippen molar-refractivity contribution in [3.05, 3.63) is 0 Å². The van der Waals surface area contributed by atoms with E-state index in [-0.39, 0.29) is 24.6 Å². The molecule has 0 aromatic heterocycles. The van der Waals surface area contributed by atoms with Gasteiger partial charge >= 0.3 is 0 Å². The van der Waals surface area contributed by atoms with Gasteiger partial charge in [0.05, 0.1) is 6.04 Å². The zero-order valence-corrected chi connectivity index (χ0v) is 10.3. The van der Waals surface area contributed by atoms with Crippen LogP contribution in [0.2, 0.25) is 0 Å². The van der Waals surface area contributed by atoms with Crippen LogP contribution < -0.4 is 10.6 Å². The third-order valence-electron chi connectivity index (χ3n) is 3.30. The molecule has 16 heavy (non-hydrogen) atoms. The zero-order chi connectivity index (χ0) is 12.0. The van der Waals surface area contributed by atoms with Crippen molar-refractivity contribution >= 4 is 5.91 Å². The molecule has 0 aliphatic carbocycles. The summed E-state index contributed by atoms with van der Waals surface area (Å²) in [6.45, 7) is 5.27. The number of hydrogen-bond donors (Lipinski definition) is 3. The molecule has 0 spiro atoms. The molecule has 0 aromatic carbocycles. The lowest BCUT2D eigenvalue weighted by molar-refractivity contribution is -0.124. The maximum Gasteiger partial charge on any atom is 0.237 e. The van der Waals surface area contributed by atoms with Crippen LogP contribution in [-0.2, 0) is 4.79 Å². The fourth-order valence-electron chi connectivity index (χ4n) is 2.14. The predicted molar refractivity (Wildman–Crippen MR) is 64.1 cm³/mol. The van der Waals surface area contributed by atoms with E-state index in [4.69, 9.17) is 5.11 Å². The molecule has 3 unspecified atom stereocenters. The Hall–Kier alpha value is -0.610. The Morgan fingerprint density at radius 1 is 1.62 bits per heavy atom. The number of carbonyl (C=O) groups excluding carboxylic acids is 1. The van der Waals surface area contributed by atoms with Gasteiger partial charge in [0.2, 0.25) is 5.91 Å². The molecule has 94 valence electrons. The summed E-state index contributed by atoms with van der Waals surface area (Å²) in [7, 11) is 0. The van der Waals surface area contributed by atoms with Gasteiger partial charge in [-0.15, -0.1) is 0 Å². The van der Waals surface area contributed by atoms with E-state index in [0.717, 1.165) is 25.8 Å². The molecule has 3 atom stereocenters. The molecule has 3 N–H and O–H groups in total. The third-order valence-corrected chi connectivity index (χ3v) is 3.30. The van der Waals surface area contributed by atoms with Gasteiger partial charge in [-0.25, -0.2) is 0 Å². The zero-order valence-electron chi connectivity index (χ0n) is 10.3. The van der Waals surface area contributed by atoms with E-state index in [0.29, 0.717) is 12.3 Å². The van der Waals surface area contributed by atoms with Crippen molar-refractivity contribution in [3.63, 3.8) is 0 Å². The second-order valence-electron chi connectivity index (χ2n) is 4.76. The molecule has 1 rings (SSSR count). The fourth-order valence-corrected chi connectivity index (χ4v) is 2.14. The molecule has 0 radical (unpaired) electrons. The molecular formula is C12H24N2O2. The molecule has 1 aliphatic rings. The molecule has 1 fully saturated rings. The molecule has 1 amide bonds. The monoisotopic (exact) mass is 228 g/mol. The number of aliphatic hydroxyl groups excluding tert-OH is 1. The van der Waals surface area contributed by atoms with Gasteiger partial charge < -0.3 is 15.7 Å². The lowest BCUT2D eigenvalue weighted by atomic mass is 9.93. The first-order valence-corrected chi connectivity index (χ1v) is 6.32. The molecule has 1 heterocycles. The van der Waals surface area contributed by atoms with Crippen LogP contribution >= 0.6 is 0 Å². The first-order chi connectivity index (χ1) is 7.67. The minimum absolute atomic E-state index is 0.0449. The average Bonchev–Trinajstić information content (AvgIpc) is 2.28. The number of piperidine rings is 1. The van der Waals surface area contributed by atoms with Crippen LogP contribution in [-0.4, -0.2) is 36.2 Å². The SMILES string of the molecule is CCC(CCO)NC(=O)C1CC(C)CCN1. The lowest BCUT2D eigenvalue weighted by Gasteiger charge is -2.28. The minimum Gasteiger partial charge on any atom is -0.396 e. The topological polar surface area (TPSA) is 61.4 Å². The second-order valence-corrected chi connectivity index (χ2v) is 4.76. The van der Waals surface area contributed by atoms with E-state index in [1.54, 1.807) is 0 Å². The van der Waals surface area contributed by atoms with Crippen LogP contribution in [0.3, 0.4) is 0 Å². The van der Waals surface area contributed by atoms with Crippen molar-refractivity contribution in [3.8, 4) is 0 Å². The van der Waals surface area contributed by atoms with Crippen molar-refractivity contribution in [2.24, 2.45) is 5.92 Å². The predicted octanol–water partition coefficient (Wildman–Crippen LogP) is 0.652. The highest BCUT2D eigenvalue weighted by molar-refractivity contribution is 5.82. The normalized spacial score (nSPS) is 27.4. The van der Waals surface area contributed by atoms with E-state index < -0.39 is 0 Å². The number of nitrogens with one attached hydrogen (secondary N) is 2. The van der Waals surface area contributed by atoms with Crippen LogP contribution in [0.5, 0.6) is 0 Å². The highest BCUT2D eigenvalue weighted by atomic mass is 16.3. The lowest BCUT2D eigenvalue weighted by Crippen LogP contribution is -2.51. The number of amides is 1. The number of rotatable bonds is 5. The van der Waals surface area contributed by atoms with E-state index in [2.05, 4.69) is 17.6 Å². The van der Waals surface area contributed by atoms with Gasteiger partial charge in [0.15, 0.2) is 0 Å². The maximum atomic E-state index is 11.9. The van der Waals surface area contributed by atoms with Crippen LogP contribution in [0.1, 0.15) is 39.5 Å². The smallest absolute Gasteiger partial charge is 0.237 e. The summed E-state index contributed by atoms with van der Waals surface area (Å²) in [6.07, 6.45) is 3.58. The Balaban J connectivity index is 2.37. The largest absolute Gasteiger partial charge is 0.396 e. The summed E-state index contributed by atoms with van der Waals surface area (Å²) in [6, 6.07) is 0.0630. The highest BCUT2D eigenvalue weighted by Crippen LogP contribution is 2.15. The van der Waals surface area contributed by atoms with E-state index in [9.17, 15) is 4.79 Å². The molecule has 1 aliphatic heterocycles. The molecule has 0 bridgehead atoms. The first kappa shape index (κ1) is 13.5. The van der Waals surface area contributed by atoms with Crippen LogP contribution in [0.25, 0.3) is 0 Å². The molecule has 0 aromatic rings. The third kappa shape index (κ3) is 4.10. The van der Waals surface area contributed by atoms with Gasteiger partial charge in [0.25, 0.3) is 0 Å². The summed E-state index contributed by atoms with van der Waals surface area (Å²) in [5.74, 6) is 0.710. The van der Waals surface area contributed by atoms with Crippen molar-refractivity contribution in [1.29, 1.82) is 0 Å².